The van der Waals surface area contributed by atoms with Crippen molar-refractivity contribution in [2.45, 2.75) is 112 Å². The van der Waals surface area contributed by atoms with E-state index in [1.54, 1.807) is 11.1 Å². The van der Waals surface area contributed by atoms with Crippen molar-refractivity contribution in [2.24, 2.45) is 39.4 Å². The fraction of sp³-hybridized carbons (Fsp3) is 0.833. The highest BCUT2D eigenvalue weighted by Crippen LogP contribution is 2.71. The van der Waals surface area contributed by atoms with Gasteiger partial charge in [0.1, 0.15) is 11.4 Å². The standard InChI is InChI=1S/C30H46O3/c1-19(8-11-25-30(7,18-31)33-25)20-12-16-29(6)22-9-10-23-26(2,3)24(32)14-15-27(23,4)21(22)13-17-28(20,29)5/h9,13,19-20,23,25,31H,8,10-12,14-18H2,1-7H3/t19-,20-,23+,25+,27-,28-,29+,30+/m1/s1. The molecule has 3 fully saturated rings. The third kappa shape index (κ3) is 3.10. The number of fused-ring (bicyclic) bond motifs is 5. The van der Waals surface area contributed by atoms with Gasteiger partial charge in [-0.05, 0) is 97.0 Å². The van der Waals surface area contributed by atoms with Crippen LogP contribution >= 0.6 is 0 Å². The number of ether oxygens (including phenoxy) is 1. The molecule has 33 heavy (non-hydrogen) atoms. The fourth-order valence-corrected chi connectivity index (χ4v) is 9.17. The van der Waals surface area contributed by atoms with Crippen LogP contribution in [0, 0.1) is 39.4 Å². The highest BCUT2D eigenvalue weighted by Gasteiger charge is 2.63. The van der Waals surface area contributed by atoms with Crippen molar-refractivity contribution in [2.75, 3.05) is 6.61 Å². The first kappa shape index (κ1) is 23.8. The van der Waals surface area contributed by atoms with Gasteiger partial charge in [0.05, 0.1) is 12.7 Å². The van der Waals surface area contributed by atoms with E-state index in [4.69, 9.17) is 4.74 Å². The molecule has 0 unspecified atom stereocenters. The molecule has 0 radical (unpaired) electrons. The van der Waals surface area contributed by atoms with Gasteiger partial charge in [0.15, 0.2) is 0 Å². The van der Waals surface area contributed by atoms with Gasteiger partial charge in [-0.1, -0.05) is 53.7 Å². The maximum Gasteiger partial charge on any atom is 0.138 e. The van der Waals surface area contributed by atoms with E-state index in [1.807, 2.05) is 6.92 Å². The minimum atomic E-state index is -0.287. The number of hydrogen-bond donors (Lipinski definition) is 1. The Bertz CT molecular complexity index is 914. The zero-order chi connectivity index (χ0) is 24.0. The summed E-state index contributed by atoms with van der Waals surface area (Å²) in [5.74, 6) is 2.26. The van der Waals surface area contributed by atoms with Gasteiger partial charge in [0, 0.05) is 11.8 Å². The number of carbonyl (C=O) groups is 1. The predicted molar refractivity (Wildman–Crippen MR) is 133 cm³/mol. The van der Waals surface area contributed by atoms with Gasteiger partial charge in [0.2, 0.25) is 0 Å². The van der Waals surface area contributed by atoms with E-state index >= 15 is 0 Å². The summed E-state index contributed by atoms with van der Waals surface area (Å²) >= 11 is 0. The molecule has 5 aliphatic rings. The van der Waals surface area contributed by atoms with E-state index in [0.29, 0.717) is 17.6 Å². The summed E-state index contributed by atoms with van der Waals surface area (Å²) in [6, 6.07) is 0. The first-order valence-corrected chi connectivity index (χ1v) is 13.6. The summed E-state index contributed by atoms with van der Waals surface area (Å²) in [7, 11) is 0. The van der Waals surface area contributed by atoms with Gasteiger partial charge in [0.25, 0.3) is 0 Å². The molecule has 3 heteroatoms. The average Bonchev–Trinajstić information content (AvgIpc) is 3.33. The number of carbonyl (C=O) groups excluding carboxylic acids is 1. The van der Waals surface area contributed by atoms with Crippen LogP contribution in [0.3, 0.4) is 0 Å². The smallest absolute Gasteiger partial charge is 0.138 e. The van der Waals surface area contributed by atoms with E-state index in [-0.39, 0.29) is 40.0 Å². The zero-order valence-corrected chi connectivity index (χ0v) is 22.1. The number of aliphatic hydroxyl groups excluding tert-OH is 1. The van der Waals surface area contributed by atoms with Crippen LogP contribution in [0.2, 0.25) is 0 Å². The predicted octanol–water partition coefficient (Wildman–Crippen LogP) is 6.65. The van der Waals surface area contributed by atoms with Crippen LogP contribution in [-0.2, 0) is 9.53 Å². The van der Waals surface area contributed by atoms with Crippen molar-refractivity contribution >= 4 is 5.78 Å². The van der Waals surface area contributed by atoms with Gasteiger partial charge in [-0.3, -0.25) is 4.79 Å². The Morgan fingerprint density at radius 2 is 1.82 bits per heavy atom. The lowest BCUT2D eigenvalue weighted by molar-refractivity contribution is -0.138. The first-order valence-electron chi connectivity index (χ1n) is 13.6. The van der Waals surface area contributed by atoms with E-state index < -0.39 is 0 Å². The number of ketones is 1. The van der Waals surface area contributed by atoms with Crippen LogP contribution in [0.4, 0.5) is 0 Å². The number of Topliss-reactive ketones (excluding diaryl/α,β-unsaturated/α-hetero) is 1. The zero-order valence-electron chi connectivity index (χ0n) is 22.1. The van der Waals surface area contributed by atoms with Crippen molar-refractivity contribution in [1.82, 2.24) is 0 Å². The van der Waals surface area contributed by atoms with Gasteiger partial charge >= 0.3 is 0 Å². The summed E-state index contributed by atoms with van der Waals surface area (Å²) in [6.45, 7) is 16.6. The Morgan fingerprint density at radius 3 is 2.48 bits per heavy atom. The lowest BCUT2D eigenvalue weighted by Crippen LogP contribution is -2.53. The minimum absolute atomic E-state index is 0.133. The highest BCUT2D eigenvalue weighted by atomic mass is 16.6. The molecule has 0 spiro atoms. The molecule has 8 atom stereocenters. The second-order valence-corrected chi connectivity index (χ2v) is 13.8. The third-order valence-electron chi connectivity index (χ3n) is 12.0. The normalized spacial score (nSPS) is 48.8. The number of hydrogen-bond acceptors (Lipinski definition) is 3. The van der Waals surface area contributed by atoms with Crippen LogP contribution in [0.15, 0.2) is 23.3 Å². The summed E-state index contributed by atoms with van der Waals surface area (Å²) in [4.78, 5) is 12.8. The Morgan fingerprint density at radius 1 is 1.09 bits per heavy atom. The van der Waals surface area contributed by atoms with Crippen molar-refractivity contribution in [1.29, 1.82) is 0 Å². The Hall–Kier alpha value is -0.930. The molecule has 5 rings (SSSR count). The molecule has 0 amide bonds. The van der Waals surface area contributed by atoms with E-state index in [9.17, 15) is 9.90 Å². The molecule has 0 aromatic rings. The molecule has 2 saturated carbocycles. The maximum absolute atomic E-state index is 12.8. The molecule has 1 aliphatic heterocycles. The molecule has 1 heterocycles. The SMILES string of the molecule is C[C@H](CC[C@@H]1O[C@@]1(C)CO)[C@H]1CC[C@@]2(C)C3=CC[C@H]4C(C)(C)C(=O)CC[C@]4(C)C3=CC[C@]12C. The molecule has 0 aromatic carbocycles. The first-order chi connectivity index (χ1) is 15.3. The average molecular weight is 455 g/mol. The third-order valence-corrected chi connectivity index (χ3v) is 12.0. The molecule has 0 aromatic heterocycles. The molecule has 4 aliphatic carbocycles. The van der Waals surface area contributed by atoms with E-state index in [2.05, 4.69) is 53.7 Å². The van der Waals surface area contributed by atoms with Gasteiger partial charge < -0.3 is 9.84 Å². The molecule has 3 nitrogen and oxygen atoms in total. The van der Waals surface area contributed by atoms with Gasteiger partial charge in [-0.25, -0.2) is 0 Å². The van der Waals surface area contributed by atoms with Gasteiger partial charge in [-0.15, -0.1) is 0 Å². The minimum Gasteiger partial charge on any atom is -0.393 e. The Labute approximate surface area is 201 Å². The topological polar surface area (TPSA) is 49.8 Å². The van der Waals surface area contributed by atoms with Crippen molar-refractivity contribution in [3.8, 4) is 0 Å². The van der Waals surface area contributed by atoms with Crippen LogP contribution < -0.4 is 0 Å². The summed E-state index contributed by atoms with van der Waals surface area (Å²) in [5.41, 5.74) is 3.36. The molecular formula is C30H46O3. The van der Waals surface area contributed by atoms with Gasteiger partial charge in [-0.2, -0.15) is 0 Å². The summed E-state index contributed by atoms with van der Waals surface area (Å²) in [6.07, 6.45) is 14.2. The van der Waals surface area contributed by atoms with Crippen LogP contribution in [0.1, 0.15) is 99.8 Å². The molecule has 0 bridgehead atoms. The quantitative estimate of drug-likeness (QED) is 0.473. The van der Waals surface area contributed by atoms with Crippen LogP contribution in [0.5, 0.6) is 0 Å². The lowest BCUT2D eigenvalue weighted by atomic mass is 9.44. The molecular weight excluding hydrogens is 408 g/mol. The van der Waals surface area contributed by atoms with E-state index in [0.717, 1.165) is 38.0 Å². The molecule has 1 N–H and O–H groups in total. The second kappa shape index (κ2) is 7.29. The summed E-state index contributed by atoms with van der Waals surface area (Å²) < 4.78 is 5.78. The summed E-state index contributed by atoms with van der Waals surface area (Å²) in [5, 5.41) is 9.55. The highest BCUT2D eigenvalue weighted by molar-refractivity contribution is 5.86. The Balaban J connectivity index is 1.40. The maximum atomic E-state index is 12.8. The lowest BCUT2D eigenvalue weighted by Gasteiger charge is -2.59. The van der Waals surface area contributed by atoms with E-state index in [1.165, 1.54) is 19.3 Å². The van der Waals surface area contributed by atoms with Crippen molar-refractivity contribution < 1.29 is 14.6 Å². The van der Waals surface area contributed by atoms with Crippen LogP contribution in [0.25, 0.3) is 0 Å². The monoisotopic (exact) mass is 454 g/mol. The number of epoxide rings is 1. The second-order valence-electron chi connectivity index (χ2n) is 13.8. The fourth-order valence-electron chi connectivity index (χ4n) is 9.17. The van der Waals surface area contributed by atoms with Crippen molar-refractivity contribution in [3.05, 3.63) is 23.3 Å². The molecule has 184 valence electrons. The van der Waals surface area contributed by atoms with Crippen LogP contribution in [-0.4, -0.2) is 29.2 Å². The van der Waals surface area contributed by atoms with Crippen molar-refractivity contribution in [3.63, 3.8) is 0 Å². The number of aliphatic hydroxyl groups is 1. The largest absolute Gasteiger partial charge is 0.393 e. The Kier molecular flexibility index (Phi) is 5.26. The number of allylic oxidation sites excluding steroid dienone is 4. The number of rotatable bonds is 5. The molecule has 1 saturated heterocycles.